The summed E-state index contributed by atoms with van der Waals surface area (Å²) >= 11 is 6.18. The number of hydrogen-bond acceptors (Lipinski definition) is 3. The zero-order chi connectivity index (χ0) is 20.4. The number of nitrogens with zero attached hydrogens (tertiary/aromatic N) is 2. The van der Waals surface area contributed by atoms with Gasteiger partial charge in [-0.25, -0.2) is 0 Å². The topological polar surface area (TPSA) is 62.3 Å². The molecule has 1 aliphatic carbocycles. The minimum Gasteiger partial charge on any atom is -0.350 e. The molecule has 1 aromatic heterocycles. The number of nitrogens with one attached hydrogen (secondary N) is 1. The second-order valence-corrected chi connectivity index (χ2v) is 8.66. The maximum Gasteiger partial charge on any atom is 0.227 e. The van der Waals surface area contributed by atoms with Gasteiger partial charge in [-0.1, -0.05) is 35.9 Å². The average molecular weight is 412 g/mol. The van der Waals surface area contributed by atoms with Gasteiger partial charge in [-0.3, -0.25) is 14.6 Å². The van der Waals surface area contributed by atoms with Crippen LogP contribution in [0.5, 0.6) is 0 Å². The number of likely N-dealkylation sites (tertiary alicyclic amines) is 1. The van der Waals surface area contributed by atoms with E-state index in [1.807, 2.05) is 54.3 Å². The SMILES string of the molecule is Cc1cccc(CNC(=O)[C@@H]2CC23CCN(C(=O)Cc2ccccc2Cl)CC3)n1. The van der Waals surface area contributed by atoms with Crippen LogP contribution in [-0.2, 0) is 22.6 Å². The molecule has 0 unspecified atom stereocenters. The summed E-state index contributed by atoms with van der Waals surface area (Å²) in [7, 11) is 0. The van der Waals surface area contributed by atoms with Crippen molar-refractivity contribution in [3.05, 3.63) is 64.4 Å². The van der Waals surface area contributed by atoms with Crippen molar-refractivity contribution in [2.45, 2.75) is 39.2 Å². The lowest BCUT2D eigenvalue weighted by Gasteiger charge is -2.33. The Balaban J connectivity index is 1.26. The Kier molecular flexibility index (Phi) is 5.59. The van der Waals surface area contributed by atoms with Crippen LogP contribution in [0.15, 0.2) is 42.5 Å². The van der Waals surface area contributed by atoms with Crippen molar-refractivity contribution in [3.63, 3.8) is 0 Å². The summed E-state index contributed by atoms with van der Waals surface area (Å²) in [5.41, 5.74) is 2.78. The second kappa shape index (κ2) is 8.15. The largest absolute Gasteiger partial charge is 0.350 e. The van der Waals surface area contributed by atoms with E-state index in [4.69, 9.17) is 11.6 Å². The first kappa shape index (κ1) is 19.9. The molecule has 2 fully saturated rings. The van der Waals surface area contributed by atoms with Crippen LogP contribution in [-0.4, -0.2) is 34.8 Å². The first-order valence-electron chi connectivity index (χ1n) is 10.2. The normalized spacial score (nSPS) is 19.8. The van der Waals surface area contributed by atoms with Gasteiger partial charge < -0.3 is 10.2 Å². The summed E-state index contributed by atoms with van der Waals surface area (Å²) in [5.74, 6) is 0.289. The fourth-order valence-corrected chi connectivity index (χ4v) is 4.59. The molecule has 1 aromatic carbocycles. The van der Waals surface area contributed by atoms with Crippen molar-refractivity contribution in [1.29, 1.82) is 0 Å². The number of benzene rings is 1. The number of amides is 2. The van der Waals surface area contributed by atoms with Gasteiger partial charge in [-0.05, 0) is 55.4 Å². The van der Waals surface area contributed by atoms with Crippen LogP contribution in [0.2, 0.25) is 5.02 Å². The molecule has 1 atom stereocenters. The highest BCUT2D eigenvalue weighted by Gasteiger charge is 2.58. The summed E-state index contributed by atoms with van der Waals surface area (Å²) in [6, 6.07) is 13.3. The van der Waals surface area contributed by atoms with Gasteiger partial charge >= 0.3 is 0 Å². The highest BCUT2D eigenvalue weighted by Crippen LogP contribution is 2.59. The molecule has 5 nitrogen and oxygen atoms in total. The van der Waals surface area contributed by atoms with Gasteiger partial charge in [0.25, 0.3) is 0 Å². The van der Waals surface area contributed by atoms with Gasteiger partial charge in [0.1, 0.15) is 0 Å². The third kappa shape index (κ3) is 4.45. The van der Waals surface area contributed by atoms with Crippen LogP contribution in [0.4, 0.5) is 0 Å². The Morgan fingerprint density at radius 1 is 1.17 bits per heavy atom. The van der Waals surface area contributed by atoms with Crippen molar-refractivity contribution in [3.8, 4) is 0 Å². The van der Waals surface area contributed by atoms with Crippen molar-refractivity contribution in [2.24, 2.45) is 11.3 Å². The molecule has 1 N–H and O–H groups in total. The predicted octanol–water partition coefficient (Wildman–Crippen LogP) is 3.53. The lowest BCUT2D eigenvalue weighted by atomic mass is 9.90. The molecule has 2 amide bonds. The van der Waals surface area contributed by atoms with Crippen LogP contribution in [0.3, 0.4) is 0 Å². The number of aryl methyl sites for hydroxylation is 1. The van der Waals surface area contributed by atoms with Crippen molar-refractivity contribution < 1.29 is 9.59 Å². The fourth-order valence-electron chi connectivity index (χ4n) is 4.39. The molecule has 6 heteroatoms. The number of piperidine rings is 1. The molecule has 1 saturated carbocycles. The van der Waals surface area contributed by atoms with E-state index in [0.29, 0.717) is 31.1 Å². The Labute approximate surface area is 176 Å². The number of halogens is 1. The molecule has 4 rings (SSSR count). The monoisotopic (exact) mass is 411 g/mol. The Morgan fingerprint density at radius 2 is 1.93 bits per heavy atom. The molecule has 1 aliphatic heterocycles. The number of carbonyl (C=O) groups excluding carboxylic acids is 2. The number of carbonyl (C=O) groups is 2. The molecule has 152 valence electrons. The van der Waals surface area contributed by atoms with Crippen molar-refractivity contribution in [2.75, 3.05) is 13.1 Å². The van der Waals surface area contributed by atoms with Crippen LogP contribution in [0, 0.1) is 18.3 Å². The quantitative estimate of drug-likeness (QED) is 0.818. The highest BCUT2D eigenvalue weighted by atomic mass is 35.5. The molecule has 2 aliphatic rings. The molecule has 29 heavy (non-hydrogen) atoms. The van der Waals surface area contributed by atoms with Gasteiger partial charge in [0, 0.05) is 29.7 Å². The van der Waals surface area contributed by atoms with E-state index in [9.17, 15) is 9.59 Å². The molecule has 2 heterocycles. The molecule has 0 bridgehead atoms. The predicted molar refractivity (Wildman–Crippen MR) is 112 cm³/mol. The maximum absolute atomic E-state index is 12.6. The van der Waals surface area contributed by atoms with Crippen LogP contribution in [0.1, 0.15) is 36.2 Å². The van der Waals surface area contributed by atoms with Crippen LogP contribution in [0.25, 0.3) is 0 Å². The Bertz CT molecular complexity index is 922. The number of hydrogen-bond donors (Lipinski definition) is 1. The first-order valence-corrected chi connectivity index (χ1v) is 10.6. The summed E-state index contributed by atoms with van der Waals surface area (Å²) in [6.45, 7) is 3.84. The fraction of sp³-hybridized carbons (Fsp3) is 0.435. The van der Waals surface area contributed by atoms with E-state index in [2.05, 4.69) is 10.3 Å². The van der Waals surface area contributed by atoms with E-state index in [1.54, 1.807) is 0 Å². The lowest BCUT2D eigenvalue weighted by molar-refractivity contribution is -0.132. The summed E-state index contributed by atoms with van der Waals surface area (Å²) in [5, 5.41) is 3.67. The van der Waals surface area contributed by atoms with E-state index < -0.39 is 0 Å². The minimum atomic E-state index is 0.0631. The smallest absolute Gasteiger partial charge is 0.227 e. The third-order valence-electron chi connectivity index (χ3n) is 6.31. The van der Waals surface area contributed by atoms with E-state index >= 15 is 0 Å². The van der Waals surface area contributed by atoms with Crippen molar-refractivity contribution in [1.82, 2.24) is 15.2 Å². The standard InChI is InChI=1S/C23H26ClN3O2/c1-16-5-4-7-18(26-16)15-25-22(29)19-14-23(19)9-11-27(12-10-23)21(28)13-17-6-2-3-8-20(17)24/h2-8,19H,9-15H2,1H3,(H,25,29)/t19-/m0/s1. The molecule has 1 saturated heterocycles. The minimum absolute atomic E-state index is 0.0631. The second-order valence-electron chi connectivity index (χ2n) is 8.26. The first-order chi connectivity index (χ1) is 14.0. The summed E-state index contributed by atoms with van der Waals surface area (Å²) < 4.78 is 0. The zero-order valence-electron chi connectivity index (χ0n) is 16.7. The summed E-state index contributed by atoms with van der Waals surface area (Å²) in [4.78, 5) is 31.6. The van der Waals surface area contributed by atoms with E-state index in [-0.39, 0.29) is 23.1 Å². The maximum atomic E-state index is 12.6. The molecule has 1 spiro atoms. The highest BCUT2D eigenvalue weighted by molar-refractivity contribution is 6.31. The van der Waals surface area contributed by atoms with E-state index in [1.165, 1.54) is 0 Å². The van der Waals surface area contributed by atoms with Gasteiger partial charge in [-0.15, -0.1) is 0 Å². The lowest BCUT2D eigenvalue weighted by Crippen LogP contribution is -2.41. The molecule has 2 aromatic rings. The van der Waals surface area contributed by atoms with Gasteiger partial charge in [0.2, 0.25) is 11.8 Å². The van der Waals surface area contributed by atoms with Gasteiger partial charge in [-0.2, -0.15) is 0 Å². The van der Waals surface area contributed by atoms with Crippen molar-refractivity contribution >= 4 is 23.4 Å². The van der Waals surface area contributed by atoms with Gasteiger partial charge in [0.15, 0.2) is 0 Å². The van der Waals surface area contributed by atoms with Gasteiger partial charge in [0.05, 0.1) is 18.7 Å². The molecule has 0 radical (unpaired) electrons. The number of rotatable bonds is 5. The number of pyridine rings is 1. The Hall–Kier alpha value is -2.40. The third-order valence-corrected chi connectivity index (χ3v) is 6.68. The summed E-state index contributed by atoms with van der Waals surface area (Å²) in [6.07, 6.45) is 3.04. The molecular weight excluding hydrogens is 386 g/mol. The average Bonchev–Trinajstić information content (AvgIpc) is 3.41. The molecular formula is C23H26ClN3O2. The zero-order valence-corrected chi connectivity index (χ0v) is 17.4. The van der Waals surface area contributed by atoms with Crippen LogP contribution < -0.4 is 5.32 Å². The Morgan fingerprint density at radius 3 is 2.66 bits per heavy atom. The van der Waals surface area contributed by atoms with Crippen LogP contribution >= 0.6 is 11.6 Å². The van der Waals surface area contributed by atoms with E-state index in [0.717, 1.165) is 36.2 Å². The number of aromatic nitrogens is 1.